The number of fused-ring (bicyclic) bond motifs is 1. The molecule has 2 aromatic rings. The fourth-order valence-corrected chi connectivity index (χ4v) is 2.47. The Morgan fingerprint density at radius 1 is 1.43 bits per heavy atom. The summed E-state index contributed by atoms with van der Waals surface area (Å²) < 4.78 is 28.4. The molecule has 2 N–H and O–H groups in total. The normalized spacial score (nSPS) is 15.6. The van der Waals surface area contributed by atoms with Crippen molar-refractivity contribution in [1.29, 1.82) is 0 Å². The lowest BCUT2D eigenvalue weighted by Gasteiger charge is -2.17. The Balaban J connectivity index is 2.22. The van der Waals surface area contributed by atoms with Crippen molar-refractivity contribution < 1.29 is 23.8 Å². The molecule has 0 saturated heterocycles. The minimum absolute atomic E-state index is 0.0550. The summed E-state index contributed by atoms with van der Waals surface area (Å²) in [6, 6.07) is 4.53. The van der Waals surface area contributed by atoms with Crippen molar-refractivity contribution in [2.75, 3.05) is 6.61 Å². The summed E-state index contributed by atoms with van der Waals surface area (Å²) in [4.78, 5) is 15.6. The zero-order valence-corrected chi connectivity index (χ0v) is 11.1. The third kappa shape index (κ3) is 2.49. The lowest BCUT2D eigenvalue weighted by Crippen LogP contribution is -2.29. The predicted octanol–water partition coefficient (Wildman–Crippen LogP) is 2.24. The number of hydrogen-bond acceptors (Lipinski definition) is 3. The van der Waals surface area contributed by atoms with E-state index in [9.17, 15) is 18.7 Å². The van der Waals surface area contributed by atoms with Crippen molar-refractivity contribution in [3.05, 3.63) is 29.6 Å². The van der Waals surface area contributed by atoms with Gasteiger partial charge in [0.15, 0.2) is 0 Å². The van der Waals surface area contributed by atoms with E-state index in [1.165, 1.54) is 10.6 Å². The van der Waals surface area contributed by atoms with Crippen molar-refractivity contribution in [2.45, 2.75) is 31.2 Å². The summed E-state index contributed by atoms with van der Waals surface area (Å²) in [5.74, 6) is -3.93. The molecule has 1 fully saturated rings. The van der Waals surface area contributed by atoms with Gasteiger partial charge in [-0.2, -0.15) is 0 Å². The van der Waals surface area contributed by atoms with Crippen LogP contribution in [0.3, 0.4) is 0 Å². The Morgan fingerprint density at radius 3 is 2.71 bits per heavy atom. The van der Waals surface area contributed by atoms with Crippen molar-refractivity contribution in [3.63, 3.8) is 0 Å². The monoisotopic (exact) mass is 296 g/mol. The highest BCUT2D eigenvalue weighted by atomic mass is 19.3. The predicted molar refractivity (Wildman–Crippen MR) is 70.7 cm³/mol. The molecular weight excluding hydrogens is 282 g/mol. The summed E-state index contributed by atoms with van der Waals surface area (Å²) in [5.41, 5.74) is 0.534. The molecule has 3 rings (SSSR count). The molecule has 5 nitrogen and oxygen atoms in total. The van der Waals surface area contributed by atoms with Gasteiger partial charge in [-0.3, -0.25) is 0 Å². The van der Waals surface area contributed by atoms with Gasteiger partial charge in [0.2, 0.25) is 0 Å². The molecule has 0 radical (unpaired) electrons. The fourth-order valence-electron chi connectivity index (χ4n) is 2.47. The Morgan fingerprint density at radius 2 is 2.14 bits per heavy atom. The number of aliphatic hydroxyl groups is 1. The highest BCUT2D eigenvalue weighted by Crippen LogP contribution is 2.41. The molecule has 0 amide bonds. The molecule has 0 bridgehead atoms. The van der Waals surface area contributed by atoms with Crippen LogP contribution in [-0.2, 0) is 6.54 Å². The molecule has 1 aromatic carbocycles. The summed E-state index contributed by atoms with van der Waals surface area (Å²) >= 11 is 0. The lowest BCUT2D eigenvalue weighted by atomic mass is 10.2. The van der Waals surface area contributed by atoms with Gasteiger partial charge in [0.25, 0.3) is 5.92 Å². The summed E-state index contributed by atoms with van der Waals surface area (Å²) in [7, 11) is 0. The number of aliphatic hydroxyl groups excluding tert-OH is 1. The number of nitrogens with zero attached hydrogens (tertiary/aromatic N) is 2. The van der Waals surface area contributed by atoms with E-state index in [4.69, 9.17) is 5.11 Å². The zero-order chi connectivity index (χ0) is 15.2. The molecule has 112 valence electrons. The number of para-hydroxylation sites is 1. The minimum atomic E-state index is -3.32. The first-order chi connectivity index (χ1) is 9.93. The number of benzene rings is 1. The van der Waals surface area contributed by atoms with Gasteiger partial charge in [-0.05, 0) is 25.0 Å². The molecule has 1 saturated carbocycles. The van der Waals surface area contributed by atoms with Crippen molar-refractivity contribution >= 4 is 17.0 Å². The number of imidazole rings is 1. The molecule has 0 unspecified atom stereocenters. The van der Waals surface area contributed by atoms with Gasteiger partial charge in [-0.15, -0.1) is 0 Å². The van der Waals surface area contributed by atoms with Gasteiger partial charge in [0.1, 0.15) is 12.4 Å². The SMILES string of the molecule is O=C(O)c1cccc2nc(C3CC3)n(CC(F)(F)CO)c12. The topological polar surface area (TPSA) is 75.3 Å². The van der Waals surface area contributed by atoms with Crippen molar-refractivity contribution in [1.82, 2.24) is 9.55 Å². The Kier molecular flexibility index (Phi) is 3.16. The molecule has 7 heteroatoms. The first kappa shape index (κ1) is 13.9. The lowest BCUT2D eigenvalue weighted by molar-refractivity contribution is -0.0626. The van der Waals surface area contributed by atoms with Gasteiger partial charge >= 0.3 is 5.97 Å². The summed E-state index contributed by atoms with van der Waals surface area (Å²) in [6.45, 7) is -2.05. The van der Waals surface area contributed by atoms with E-state index in [1.54, 1.807) is 12.1 Å². The summed E-state index contributed by atoms with van der Waals surface area (Å²) in [6.07, 6.45) is 1.72. The highest BCUT2D eigenvalue weighted by Gasteiger charge is 2.36. The van der Waals surface area contributed by atoms with E-state index in [-0.39, 0.29) is 17.0 Å². The van der Waals surface area contributed by atoms with Crippen LogP contribution < -0.4 is 0 Å². The molecule has 21 heavy (non-hydrogen) atoms. The second-order valence-corrected chi connectivity index (χ2v) is 5.32. The average molecular weight is 296 g/mol. The number of rotatable bonds is 5. The molecule has 0 aliphatic heterocycles. The van der Waals surface area contributed by atoms with Gasteiger partial charge in [-0.25, -0.2) is 18.6 Å². The maximum atomic E-state index is 13.6. The Bertz CT molecular complexity index is 708. The van der Waals surface area contributed by atoms with Crippen LogP contribution in [0.1, 0.15) is 34.9 Å². The van der Waals surface area contributed by atoms with Crippen LogP contribution in [0.2, 0.25) is 0 Å². The molecule has 0 spiro atoms. The smallest absolute Gasteiger partial charge is 0.337 e. The molecule has 1 aromatic heterocycles. The second kappa shape index (κ2) is 4.77. The maximum absolute atomic E-state index is 13.6. The average Bonchev–Trinajstić information content (AvgIpc) is 3.22. The van der Waals surface area contributed by atoms with Crippen molar-refractivity contribution in [3.8, 4) is 0 Å². The van der Waals surface area contributed by atoms with Gasteiger partial charge < -0.3 is 14.8 Å². The second-order valence-electron chi connectivity index (χ2n) is 5.32. The molecule has 1 aliphatic carbocycles. The van der Waals surface area contributed by atoms with E-state index in [0.29, 0.717) is 11.3 Å². The number of aromatic carboxylic acids is 1. The number of carboxylic acids is 1. The van der Waals surface area contributed by atoms with Crippen LogP contribution in [0.4, 0.5) is 8.78 Å². The molecule has 1 aliphatic rings. The first-order valence-corrected chi connectivity index (χ1v) is 6.64. The Labute approximate surface area is 118 Å². The van der Waals surface area contributed by atoms with Gasteiger partial charge in [0.05, 0.1) is 23.1 Å². The molecule has 1 heterocycles. The van der Waals surface area contributed by atoms with E-state index < -0.39 is 25.0 Å². The molecule has 0 atom stereocenters. The summed E-state index contributed by atoms with van der Waals surface area (Å²) in [5, 5.41) is 18.0. The standard InChI is InChI=1S/C14H14F2N2O3/c15-14(16,7-19)6-18-11-9(13(20)21)2-1-3-10(11)17-12(18)8-4-5-8/h1-3,8,19H,4-7H2,(H,20,21). The van der Waals surface area contributed by atoms with Crippen LogP contribution in [-0.4, -0.2) is 38.3 Å². The van der Waals surface area contributed by atoms with E-state index in [2.05, 4.69) is 4.98 Å². The van der Waals surface area contributed by atoms with Crippen LogP contribution in [0, 0.1) is 0 Å². The van der Waals surface area contributed by atoms with Crippen LogP contribution in [0.25, 0.3) is 11.0 Å². The van der Waals surface area contributed by atoms with Crippen LogP contribution >= 0.6 is 0 Å². The van der Waals surface area contributed by atoms with Crippen LogP contribution in [0.5, 0.6) is 0 Å². The van der Waals surface area contributed by atoms with Crippen LogP contribution in [0.15, 0.2) is 18.2 Å². The quantitative estimate of drug-likeness (QED) is 0.887. The molecular formula is C14H14F2N2O3. The van der Waals surface area contributed by atoms with Crippen molar-refractivity contribution in [2.24, 2.45) is 0 Å². The number of carbonyl (C=O) groups is 1. The third-order valence-electron chi connectivity index (χ3n) is 3.59. The maximum Gasteiger partial charge on any atom is 0.337 e. The Hall–Kier alpha value is -2.02. The number of alkyl halides is 2. The van der Waals surface area contributed by atoms with Gasteiger partial charge in [0, 0.05) is 5.92 Å². The fraction of sp³-hybridized carbons (Fsp3) is 0.429. The van der Waals surface area contributed by atoms with Gasteiger partial charge in [-0.1, -0.05) is 6.07 Å². The highest BCUT2D eigenvalue weighted by molar-refractivity contribution is 6.01. The van der Waals surface area contributed by atoms with E-state index >= 15 is 0 Å². The van der Waals surface area contributed by atoms with E-state index in [0.717, 1.165) is 12.8 Å². The number of aromatic nitrogens is 2. The van der Waals surface area contributed by atoms with E-state index in [1.807, 2.05) is 0 Å². The number of carboxylic acid groups (broad SMARTS) is 1. The minimum Gasteiger partial charge on any atom is -0.478 e. The zero-order valence-electron chi connectivity index (χ0n) is 11.1. The third-order valence-corrected chi connectivity index (χ3v) is 3.59. The number of hydrogen-bond donors (Lipinski definition) is 2. The number of halogens is 2. The largest absolute Gasteiger partial charge is 0.478 e. The first-order valence-electron chi connectivity index (χ1n) is 6.64.